The van der Waals surface area contributed by atoms with Crippen LogP contribution in [0.1, 0.15) is 12.1 Å². The Kier molecular flexibility index (Phi) is 6.54. The number of hydrogen-bond donors (Lipinski definition) is 0. The first-order chi connectivity index (χ1) is 11.2. The van der Waals surface area contributed by atoms with Gasteiger partial charge in [0.2, 0.25) is 5.91 Å². The molecule has 0 saturated heterocycles. The zero-order valence-electron chi connectivity index (χ0n) is 12.6. The van der Waals surface area contributed by atoms with Crippen LogP contribution in [-0.4, -0.2) is 29.4 Å². The number of amides is 1. The highest BCUT2D eigenvalue weighted by atomic mass is 35.5. The standard InChI is InChI=1S/C15H14ClF3N2OS2/c1-10-8-24-14(20-10)21(9-15(17,18)19)13(22)6-7-23-12-4-2-11(16)3-5-12/h2-5,8H,6-7,9H2,1H3. The van der Waals surface area contributed by atoms with Gasteiger partial charge >= 0.3 is 6.18 Å². The summed E-state index contributed by atoms with van der Waals surface area (Å²) in [7, 11) is 0. The molecule has 0 saturated carbocycles. The van der Waals surface area contributed by atoms with Gasteiger partial charge in [0, 0.05) is 27.5 Å². The third kappa shape index (κ3) is 5.99. The summed E-state index contributed by atoms with van der Waals surface area (Å²) in [5, 5.41) is 2.30. The van der Waals surface area contributed by atoms with Crippen LogP contribution >= 0.6 is 34.7 Å². The van der Waals surface area contributed by atoms with Crippen LogP contribution in [0.3, 0.4) is 0 Å². The van der Waals surface area contributed by atoms with E-state index in [-0.39, 0.29) is 11.6 Å². The third-order valence-corrected chi connectivity index (χ3v) is 5.12. The molecule has 0 fully saturated rings. The summed E-state index contributed by atoms with van der Waals surface area (Å²) in [6, 6.07) is 7.05. The number of thioether (sulfide) groups is 1. The largest absolute Gasteiger partial charge is 0.406 e. The zero-order valence-corrected chi connectivity index (χ0v) is 15.0. The zero-order chi connectivity index (χ0) is 17.7. The Morgan fingerprint density at radius 3 is 2.54 bits per heavy atom. The highest BCUT2D eigenvalue weighted by Gasteiger charge is 2.34. The second kappa shape index (κ2) is 8.22. The summed E-state index contributed by atoms with van der Waals surface area (Å²) in [4.78, 5) is 17.8. The van der Waals surface area contributed by atoms with Crippen molar-refractivity contribution < 1.29 is 18.0 Å². The number of aryl methyl sites for hydroxylation is 1. The maximum Gasteiger partial charge on any atom is 0.406 e. The summed E-state index contributed by atoms with van der Waals surface area (Å²) in [5.74, 6) is -0.220. The smallest absolute Gasteiger partial charge is 0.279 e. The van der Waals surface area contributed by atoms with E-state index in [2.05, 4.69) is 4.98 Å². The molecule has 0 aliphatic rings. The van der Waals surface area contributed by atoms with Crippen LogP contribution in [0.2, 0.25) is 5.02 Å². The molecule has 130 valence electrons. The van der Waals surface area contributed by atoms with Crippen LogP contribution in [0.5, 0.6) is 0 Å². The SMILES string of the molecule is Cc1csc(N(CC(F)(F)F)C(=O)CCSc2ccc(Cl)cc2)n1. The number of carbonyl (C=O) groups is 1. The fourth-order valence-corrected chi connectivity index (χ4v) is 3.62. The molecule has 1 heterocycles. The van der Waals surface area contributed by atoms with Gasteiger partial charge in [-0.3, -0.25) is 9.69 Å². The van der Waals surface area contributed by atoms with Gasteiger partial charge in [-0.2, -0.15) is 13.2 Å². The second-order valence-electron chi connectivity index (χ2n) is 4.92. The monoisotopic (exact) mass is 394 g/mol. The lowest BCUT2D eigenvalue weighted by Crippen LogP contribution is -2.39. The summed E-state index contributed by atoms with van der Waals surface area (Å²) in [5.41, 5.74) is 0.588. The molecule has 2 aromatic rings. The molecule has 0 unspecified atom stereocenters. The minimum Gasteiger partial charge on any atom is -0.279 e. The number of alkyl halides is 3. The number of aromatic nitrogens is 1. The maximum atomic E-state index is 12.7. The van der Waals surface area contributed by atoms with Gasteiger partial charge in [-0.1, -0.05) is 11.6 Å². The minimum atomic E-state index is -4.47. The van der Waals surface area contributed by atoms with Crippen molar-refractivity contribution in [2.24, 2.45) is 0 Å². The van der Waals surface area contributed by atoms with Crippen molar-refractivity contribution in [2.75, 3.05) is 17.2 Å². The highest BCUT2D eigenvalue weighted by Crippen LogP contribution is 2.27. The topological polar surface area (TPSA) is 33.2 Å². The lowest BCUT2D eigenvalue weighted by molar-refractivity contribution is -0.132. The van der Waals surface area contributed by atoms with Crippen molar-refractivity contribution >= 4 is 45.7 Å². The fraction of sp³-hybridized carbons (Fsp3) is 0.333. The Balaban J connectivity index is 1.98. The first-order valence-corrected chi connectivity index (χ1v) is 9.16. The van der Waals surface area contributed by atoms with Gasteiger partial charge in [-0.25, -0.2) is 4.98 Å². The molecule has 0 radical (unpaired) electrons. The van der Waals surface area contributed by atoms with E-state index in [4.69, 9.17) is 11.6 Å². The molecule has 0 N–H and O–H groups in total. The second-order valence-corrected chi connectivity index (χ2v) is 7.36. The lowest BCUT2D eigenvalue weighted by Gasteiger charge is -2.21. The summed E-state index contributed by atoms with van der Waals surface area (Å²) < 4.78 is 38.2. The highest BCUT2D eigenvalue weighted by molar-refractivity contribution is 7.99. The third-order valence-electron chi connectivity index (χ3n) is 2.87. The molecule has 0 spiro atoms. The Labute approximate surface area is 150 Å². The number of benzene rings is 1. The first-order valence-electron chi connectivity index (χ1n) is 6.92. The Morgan fingerprint density at radius 2 is 2.00 bits per heavy atom. The number of anilines is 1. The van der Waals surface area contributed by atoms with Crippen LogP contribution in [0, 0.1) is 6.92 Å². The molecule has 2 rings (SSSR count). The number of carbonyl (C=O) groups excluding carboxylic acids is 1. The Hall–Kier alpha value is -1.25. The predicted octanol–water partition coefficient (Wildman–Crippen LogP) is 5.18. The molecule has 0 atom stereocenters. The van der Waals surface area contributed by atoms with E-state index in [0.29, 0.717) is 21.4 Å². The number of rotatable bonds is 6. The molecule has 1 aromatic heterocycles. The summed E-state index contributed by atoms with van der Waals surface area (Å²) in [6.45, 7) is 0.344. The van der Waals surface area contributed by atoms with Gasteiger partial charge in [-0.15, -0.1) is 23.1 Å². The van der Waals surface area contributed by atoms with Crippen LogP contribution in [0.25, 0.3) is 0 Å². The first kappa shape index (κ1) is 19.1. The number of thiazole rings is 1. The van der Waals surface area contributed by atoms with E-state index in [1.54, 1.807) is 36.6 Å². The molecule has 1 aromatic carbocycles. The molecular formula is C15H14ClF3N2OS2. The Bertz CT molecular complexity index is 689. The van der Waals surface area contributed by atoms with E-state index in [0.717, 1.165) is 16.2 Å². The molecule has 0 aliphatic carbocycles. The van der Waals surface area contributed by atoms with Gasteiger partial charge in [0.25, 0.3) is 0 Å². The van der Waals surface area contributed by atoms with Crippen molar-refractivity contribution in [1.29, 1.82) is 0 Å². The minimum absolute atomic E-state index is 0.0119. The number of hydrogen-bond acceptors (Lipinski definition) is 4. The average Bonchev–Trinajstić information content (AvgIpc) is 2.92. The van der Waals surface area contributed by atoms with E-state index in [9.17, 15) is 18.0 Å². The van der Waals surface area contributed by atoms with Gasteiger partial charge < -0.3 is 0 Å². The molecule has 0 bridgehead atoms. The van der Waals surface area contributed by atoms with Crippen molar-refractivity contribution in [2.45, 2.75) is 24.4 Å². The molecule has 1 amide bonds. The van der Waals surface area contributed by atoms with Crippen molar-refractivity contribution in [1.82, 2.24) is 4.98 Å². The number of nitrogens with zero attached hydrogens (tertiary/aromatic N) is 2. The molecule has 9 heteroatoms. The average molecular weight is 395 g/mol. The van der Waals surface area contributed by atoms with E-state index in [1.165, 1.54) is 11.8 Å². The molecule has 24 heavy (non-hydrogen) atoms. The van der Waals surface area contributed by atoms with Crippen molar-refractivity contribution in [3.63, 3.8) is 0 Å². The summed E-state index contributed by atoms with van der Waals surface area (Å²) in [6.07, 6.45) is -4.49. The van der Waals surface area contributed by atoms with E-state index in [1.807, 2.05) is 0 Å². The predicted molar refractivity (Wildman–Crippen MR) is 92.1 cm³/mol. The molecular weight excluding hydrogens is 381 g/mol. The van der Waals surface area contributed by atoms with Crippen molar-refractivity contribution in [3.05, 3.63) is 40.4 Å². The fourth-order valence-electron chi connectivity index (χ4n) is 1.83. The Morgan fingerprint density at radius 1 is 1.33 bits per heavy atom. The van der Waals surface area contributed by atoms with Crippen LogP contribution in [0.15, 0.2) is 34.5 Å². The van der Waals surface area contributed by atoms with E-state index < -0.39 is 18.6 Å². The van der Waals surface area contributed by atoms with Crippen LogP contribution in [0.4, 0.5) is 18.3 Å². The van der Waals surface area contributed by atoms with Crippen LogP contribution in [-0.2, 0) is 4.79 Å². The van der Waals surface area contributed by atoms with E-state index >= 15 is 0 Å². The quantitative estimate of drug-likeness (QED) is 0.633. The van der Waals surface area contributed by atoms with Gasteiger partial charge in [0.1, 0.15) is 6.54 Å². The maximum absolute atomic E-state index is 12.7. The summed E-state index contributed by atoms with van der Waals surface area (Å²) >= 11 is 8.21. The number of halogens is 4. The normalized spacial score (nSPS) is 11.5. The van der Waals surface area contributed by atoms with Gasteiger partial charge in [0.05, 0.1) is 5.69 Å². The molecule has 3 nitrogen and oxygen atoms in total. The lowest BCUT2D eigenvalue weighted by atomic mass is 10.4. The van der Waals surface area contributed by atoms with Crippen LogP contribution < -0.4 is 4.90 Å². The van der Waals surface area contributed by atoms with Crippen molar-refractivity contribution in [3.8, 4) is 0 Å². The van der Waals surface area contributed by atoms with Gasteiger partial charge in [-0.05, 0) is 31.2 Å². The molecule has 0 aliphatic heterocycles. The van der Waals surface area contributed by atoms with Gasteiger partial charge in [0.15, 0.2) is 5.13 Å².